The van der Waals surface area contributed by atoms with Gasteiger partial charge in [-0.25, -0.2) is 5.43 Å². The molecular formula is C16H16N4O. The number of hydrogen-bond donors (Lipinski definition) is 3. The molecule has 3 aromatic rings. The van der Waals surface area contributed by atoms with Crippen molar-refractivity contribution in [1.82, 2.24) is 15.4 Å². The summed E-state index contributed by atoms with van der Waals surface area (Å²) in [5.74, 6) is -0.206. The number of fused-ring (bicyclic) bond motifs is 1. The van der Waals surface area contributed by atoms with Gasteiger partial charge < -0.3 is 9.97 Å². The van der Waals surface area contributed by atoms with Crippen LogP contribution in [0.15, 0.2) is 41.8 Å². The molecule has 3 N–H and O–H groups in total. The van der Waals surface area contributed by atoms with Crippen molar-refractivity contribution in [3.05, 3.63) is 59.0 Å². The van der Waals surface area contributed by atoms with Gasteiger partial charge in [-0.15, -0.1) is 0 Å². The maximum Gasteiger partial charge on any atom is 0.273 e. The molecular weight excluding hydrogens is 264 g/mol. The molecule has 5 nitrogen and oxygen atoms in total. The lowest BCUT2D eigenvalue weighted by Gasteiger charge is -2.00. The van der Waals surface area contributed by atoms with E-state index in [4.69, 9.17) is 0 Å². The monoisotopic (exact) mass is 280 g/mol. The first-order valence-electron chi connectivity index (χ1n) is 6.71. The van der Waals surface area contributed by atoms with Crippen molar-refractivity contribution in [3.63, 3.8) is 0 Å². The lowest BCUT2D eigenvalue weighted by Crippen LogP contribution is -2.18. The third-order valence-corrected chi connectivity index (χ3v) is 3.49. The van der Waals surface area contributed by atoms with Gasteiger partial charge in [0.1, 0.15) is 0 Å². The number of H-pyrrole nitrogens is 2. The number of benzene rings is 1. The Morgan fingerprint density at radius 1 is 1.19 bits per heavy atom. The Kier molecular flexibility index (Phi) is 3.31. The van der Waals surface area contributed by atoms with Gasteiger partial charge in [0.15, 0.2) is 0 Å². The van der Waals surface area contributed by atoms with Crippen LogP contribution in [0.2, 0.25) is 0 Å². The van der Waals surface area contributed by atoms with Crippen LogP contribution in [-0.4, -0.2) is 22.1 Å². The molecule has 0 radical (unpaired) electrons. The molecule has 1 aromatic carbocycles. The largest absolute Gasteiger partial charge is 0.364 e. The molecule has 106 valence electrons. The van der Waals surface area contributed by atoms with Crippen molar-refractivity contribution in [3.8, 4) is 0 Å². The minimum absolute atomic E-state index is 0.206. The average molecular weight is 280 g/mol. The molecule has 0 unspecified atom stereocenters. The van der Waals surface area contributed by atoms with E-state index >= 15 is 0 Å². The highest BCUT2D eigenvalue weighted by Crippen LogP contribution is 2.15. The van der Waals surface area contributed by atoms with Crippen molar-refractivity contribution >= 4 is 23.0 Å². The quantitative estimate of drug-likeness (QED) is 0.501. The predicted octanol–water partition coefficient (Wildman–Crippen LogP) is 2.88. The van der Waals surface area contributed by atoms with Gasteiger partial charge in [-0.1, -0.05) is 18.2 Å². The van der Waals surface area contributed by atoms with Crippen LogP contribution in [0.4, 0.5) is 0 Å². The summed E-state index contributed by atoms with van der Waals surface area (Å²) in [6.07, 6.45) is 5.33. The van der Waals surface area contributed by atoms with E-state index in [2.05, 4.69) is 20.5 Å². The number of nitrogens with one attached hydrogen (secondary N) is 3. The molecule has 0 aliphatic rings. The molecule has 0 aliphatic carbocycles. The molecule has 21 heavy (non-hydrogen) atoms. The highest BCUT2D eigenvalue weighted by Gasteiger charge is 2.12. The van der Waals surface area contributed by atoms with E-state index in [1.165, 1.54) is 0 Å². The van der Waals surface area contributed by atoms with E-state index < -0.39 is 0 Å². The van der Waals surface area contributed by atoms with Crippen LogP contribution in [0.25, 0.3) is 10.9 Å². The van der Waals surface area contributed by atoms with Gasteiger partial charge in [0, 0.05) is 34.6 Å². The van der Waals surface area contributed by atoms with E-state index in [9.17, 15) is 4.79 Å². The van der Waals surface area contributed by atoms with E-state index in [1.807, 2.05) is 50.5 Å². The Bertz CT molecular complexity index is 806. The minimum atomic E-state index is -0.206. The molecule has 5 heteroatoms. The van der Waals surface area contributed by atoms with Crippen molar-refractivity contribution in [2.75, 3.05) is 0 Å². The molecule has 0 aliphatic heterocycles. The Hall–Kier alpha value is -2.82. The van der Waals surface area contributed by atoms with Gasteiger partial charge in [-0.2, -0.15) is 5.10 Å². The zero-order valence-corrected chi connectivity index (χ0v) is 11.9. The second-order valence-corrected chi connectivity index (χ2v) is 4.96. The number of aromatic amines is 2. The van der Waals surface area contributed by atoms with Crippen LogP contribution in [0.3, 0.4) is 0 Å². The van der Waals surface area contributed by atoms with Gasteiger partial charge in [0.2, 0.25) is 0 Å². The molecule has 0 saturated heterocycles. The topological polar surface area (TPSA) is 73.0 Å². The molecule has 0 bridgehead atoms. The SMILES string of the molecule is Cc1c[nH]c(C)c1C(=O)N/N=C/c1c[nH]c2ccccc12. The first-order chi connectivity index (χ1) is 10.2. The first-order valence-corrected chi connectivity index (χ1v) is 6.71. The van der Waals surface area contributed by atoms with Gasteiger partial charge >= 0.3 is 0 Å². The molecule has 1 amide bonds. The lowest BCUT2D eigenvalue weighted by atomic mass is 10.1. The van der Waals surface area contributed by atoms with Crippen LogP contribution < -0.4 is 5.43 Å². The molecule has 3 rings (SSSR count). The van der Waals surface area contributed by atoms with Crippen molar-refractivity contribution in [2.24, 2.45) is 5.10 Å². The van der Waals surface area contributed by atoms with Gasteiger partial charge in [-0.05, 0) is 25.5 Å². The maximum atomic E-state index is 12.1. The third kappa shape index (κ3) is 2.45. The van der Waals surface area contributed by atoms with Crippen LogP contribution in [0, 0.1) is 13.8 Å². The standard InChI is InChI=1S/C16H16N4O/c1-10-7-17-11(2)15(10)16(21)20-19-9-12-8-18-14-6-4-3-5-13(12)14/h3-9,17-18H,1-2H3,(H,20,21)/b19-9+. The van der Waals surface area contributed by atoms with Crippen molar-refractivity contribution in [1.29, 1.82) is 0 Å². The van der Waals surface area contributed by atoms with E-state index in [1.54, 1.807) is 6.21 Å². The van der Waals surface area contributed by atoms with Crippen molar-refractivity contribution < 1.29 is 4.79 Å². The predicted molar refractivity (Wildman–Crippen MR) is 83.6 cm³/mol. The average Bonchev–Trinajstić information content (AvgIpc) is 3.03. The van der Waals surface area contributed by atoms with E-state index in [0.717, 1.165) is 27.7 Å². The van der Waals surface area contributed by atoms with Gasteiger partial charge in [-0.3, -0.25) is 4.79 Å². The number of aryl methyl sites for hydroxylation is 2. The summed E-state index contributed by atoms with van der Waals surface area (Å²) < 4.78 is 0. The number of hydrogen-bond acceptors (Lipinski definition) is 2. The summed E-state index contributed by atoms with van der Waals surface area (Å²) in [4.78, 5) is 18.3. The fourth-order valence-corrected chi connectivity index (χ4v) is 2.42. The molecule has 2 aromatic heterocycles. The molecule has 2 heterocycles. The summed E-state index contributed by atoms with van der Waals surface area (Å²) in [6.45, 7) is 3.76. The number of carbonyl (C=O) groups excluding carboxylic acids is 1. The third-order valence-electron chi connectivity index (χ3n) is 3.49. The van der Waals surface area contributed by atoms with Gasteiger partial charge in [0.05, 0.1) is 11.8 Å². The number of hydrazone groups is 1. The summed E-state index contributed by atoms with van der Waals surface area (Å²) in [5.41, 5.74) is 6.94. The Morgan fingerprint density at radius 2 is 2.00 bits per heavy atom. The summed E-state index contributed by atoms with van der Waals surface area (Å²) >= 11 is 0. The highest BCUT2D eigenvalue weighted by atomic mass is 16.2. The van der Waals surface area contributed by atoms with Crippen LogP contribution in [-0.2, 0) is 0 Å². The fraction of sp³-hybridized carbons (Fsp3) is 0.125. The maximum absolute atomic E-state index is 12.1. The number of nitrogens with zero attached hydrogens (tertiary/aromatic N) is 1. The first kappa shape index (κ1) is 13.2. The normalized spacial score (nSPS) is 11.3. The number of amides is 1. The Labute approximate surface area is 122 Å². The Balaban J connectivity index is 1.77. The van der Waals surface area contributed by atoms with Gasteiger partial charge in [0.25, 0.3) is 5.91 Å². The number of carbonyl (C=O) groups is 1. The van der Waals surface area contributed by atoms with Crippen molar-refractivity contribution in [2.45, 2.75) is 13.8 Å². The minimum Gasteiger partial charge on any atom is -0.364 e. The number of para-hydroxylation sites is 1. The van der Waals surface area contributed by atoms with Crippen LogP contribution in [0.1, 0.15) is 27.2 Å². The van der Waals surface area contributed by atoms with E-state index in [0.29, 0.717) is 5.56 Å². The molecule has 0 fully saturated rings. The summed E-state index contributed by atoms with van der Waals surface area (Å²) in [5, 5.41) is 5.12. The number of rotatable bonds is 3. The lowest BCUT2D eigenvalue weighted by molar-refractivity contribution is 0.0954. The second kappa shape index (κ2) is 5.28. The zero-order valence-electron chi connectivity index (χ0n) is 11.9. The highest BCUT2D eigenvalue weighted by molar-refractivity contribution is 6.00. The van der Waals surface area contributed by atoms with Crippen LogP contribution in [0.5, 0.6) is 0 Å². The zero-order chi connectivity index (χ0) is 14.8. The van der Waals surface area contributed by atoms with E-state index in [-0.39, 0.29) is 5.91 Å². The summed E-state index contributed by atoms with van der Waals surface area (Å²) in [7, 11) is 0. The Morgan fingerprint density at radius 3 is 2.76 bits per heavy atom. The number of aromatic nitrogens is 2. The smallest absolute Gasteiger partial charge is 0.273 e. The van der Waals surface area contributed by atoms with Crippen LogP contribution >= 0.6 is 0 Å². The summed E-state index contributed by atoms with van der Waals surface area (Å²) in [6, 6.07) is 7.95. The molecule has 0 saturated carbocycles. The molecule has 0 spiro atoms. The fourth-order valence-electron chi connectivity index (χ4n) is 2.42. The molecule has 0 atom stereocenters. The second-order valence-electron chi connectivity index (χ2n) is 4.96.